The minimum atomic E-state index is -0.631. The number of carbonyl (C=O) groups is 1. The average Bonchev–Trinajstić information content (AvgIpc) is 2.70. The maximum Gasteiger partial charge on any atom is 0.313 e. The highest BCUT2D eigenvalue weighted by molar-refractivity contribution is 6.30. The van der Waals surface area contributed by atoms with E-state index in [1.807, 2.05) is 0 Å². The third kappa shape index (κ3) is 2.27. The number of halogens is 1. The monoisotopic (exact) mass is 271 g/mol. The third-order valence-corrected chi connectivity index (χ3v) is 2.94. The fraction of sp³-hybridized carbons (Fsp3) is 0.400. The molecular formula is C10H10ClN3O4. The lowest BCUT2D eigenvalue weighted by Gasteiger charge is -2.15. The number of hydrogen-bond acceptors (Lipinski definition) is 5. The second-order valence-electron chi connectivity index (χ2n) is 4.01. The zero-order valence-electron chi connectivity index (χ0n) is 9.24. The molecule has 0 aliphatic carbocycles. The lowest BCUT2D eigenvalue weighted by Crippen LogP contribution is -2.26. The molecule has 1 aliphatic rings. The lowest BCUT2D eigenvalue weighted by molar-refractivity contribution is -0.384. The molecule has 1 atom stereocenters. The average molecular weight is 272 g/mol. The number of nitrogens with zero attached hydrogens (tertiary/aromatic N) is 3. The van der Waals surface area contributed by atoms with Crippen LogP contribution in [-0.4, -0.2) is 34.1 Å². The van der Waals surface area contributed by atoms with E-state index in [0.717, 1.165) is 6.07 Å². The van der Waals surface area contributed by atoms with Gasteiger partial charge in [0.05, 0.1) is 9.95 Å². The van der Waals surface area contributed by atoms with Gasteiger partial charge in [-0.15, -0.1) is 0 Å². The lowest BCUT2D eigenvalue weighted by atomic mass is 10.1. The minimum absolute atomic E-state index is 0.0228. The number of amides is 1. The first-order valence-corrected chi connectivity index (χ1v) is 5.62. The number of hydrogen-bond donors (Lipinski definition) is 1. The summed E-state index contributed by atoms with van der Waals surface area (Å²) in [5.74, 6) is -0.521. The first kappa shape index (κ1) is 12.7. The Morgan fingerprint density at radius 1 is 1.67 bits per heavy atom. The van der Waals surface area contributed by atoms with Crippen LogP contribution in [-0.2, 0) is 4.79 Å². The van der Waals surface area contributed by atoms with Crippen molar-refractivity contribution in [1.29, 1.82) is 0 Å². The van der Waals surface area contributed by atoms with Crippen molar-refractivity contribution in [2.24, 2.45) is 5.92 Å². The van der Waals surface area contributed by atoms with Gasteiger partial charge in [-0.1, -0.05) is 11.6 Å². The van der Waals surface area contributed by atoms with Crippen molar-refractivity contribution in [3.8, 4) is 0 Å². The first-order chi connectivity index (χ1) is 8.52. The molecular weight excluding hydrogens is 262 g/mol. The molecule has 2 rings (SSSR count). The SMILES string of the molecule is O=C1CC(CO)CN1c1ncc(Cl)cc1[N+](=O)[O-]. The van der Waals surface area contributed by atoms with E-state index in [2.05, 4.69) is 4.98 Å². The first-order valence-electron chi connectivity index (χ1n) is 5.24. The van der Waals surface area contributed by atoms with Gasteiger partial charge in [-0.05, 0) is 0 Å². The Bertz CT molecular complexity index is 508. The molecule has 0 aromatic carbocycles. The molecule has 0 spiro atoms. The smallest absolute Gasteiger partial charge is 0.313 e. The number of anilines is 1. The van der Waals surface area contributed by atoms with E-state index in [-0.39, 0.29) is 47.9 Å². The summed E-state index contributed by atoms with van der Waals surface area (Å²) in [5.41, 5.74) is -0.311. The quantitative estimate of drug-likeness (QED) is 0.653. The van der Waals surface area contributed by atoms with E-state index in [4.69, 9.17) is 16.7 Å². The second kappa shape index (κ2) is 4.87. The van der Waals surface area contributed by atoms with E-state index in [1.165, 1.54) is 11.1 Å². The molecule has 1 aromatic heterocycles. The van der Waals surface area contributed by atoms with Gasteiger partial charge in [0.2, 0.25) is 11.7 Å². The summed E-state index contributed by atoms with van der Waals surface area (Å²) >= 11 is 5.65. The van der Waals surface area contributed by atoms with E-state index in [1.54, 1.807) is 0 Å². The van der Waals surface area contributed by atoms with E-state index < -0.39 is 4.92 Å². The predicted octanol–water partition coefficient (Wildman–Crippen LogP) is 0.988. The van der Waals surface area contributed by atoms with Gasteiger partial charge in [0.1, 0.15) is 0 Å². The van der Waals surface area contributed by atoms with Gasteiger partial charge >= 0.3 is 5.69 Å². The molecule has 1 aliphatic heterocycles. The summed E-state index contributed by atoms with van der Waals surface area (Å²) in [7, 11) is 0. The molecule has 0 radical (unpaired) electrons. The van der Waals surface area contributed by atoms with E-state index in [0.29, 0.717) is 0 Å². The van der Waals surface area contributed by atoms with Crippen LogP contribution >= 0.6 is 11.6 Å². The van der Waals surface area contributed by atoms with E-state index in [9.17, 15) is 14.9 Å². The summed E-state index contributed by atoms with van der Waals surface area (Å²) in [4.78, 5) is 27.1. The van der Waals surface area contributed by atoms with Gasteiger partial charge in [-0.3, -0.25) is 19.8 Å². The Balaban J connectivity index is 2.39. The molecule has 1 saturated heterocycles. The van der Waals surface area contributed by atoms with Gasteiger partial charge < -0.3 is 5.11 Å². The highest BCUT2D eigenvalue weighted by Gasteiger charge is 2.34. The predicted molar refractivity (Wildman–Crippen MR) is 63.4 cm³/mol. The normalized spacial score (nSPS) is 19.3. The molecule has 1 fully saturated rings. The molecule has 1 aromatic rings. The summed E-state index contributed by atoms with van der Waals surface area (Å²) in [6.07, 6.45) is 1.42. The van der Waals surface area contributed by atoms with Crippen LogP contribution in [0.3, 0.4) is 0 Å². The summed E-state index contributed by atoms with van der Waals surface area (Å²) in [6, 6.07) is 1.16. The maximum absolute atomic E-state index is 11.7. The molecule has 0 saturated carbocycles. The molecule has 2 heterocycles. The zero-order chi connectivity index (χ0) is 13.3. The fourth-order valence-electron chi connectivity index (χ4n) is 1.87. The highest BCUT2D eigenvalue weighted by Crippen LogP contribution is 2.32. The molecule has 1 amide bonds. The molecule has 7 nitrogen and oxygen atoms in total. The summed E-state index contributed by atoms with van der Waals surface area (Å²) in [6.45, 7) is 0.0917. The second-order valence-corrected chi connectivity index (χ2v) is 4.45. The number of aliphatic hydroxyl groups excluding tert-OH is 1. The Morgan fingerprint density at radius 2 is 2.39 bits per heavy atom. The van der Waals surface area contributed by atoms with Crippen molar-refractivity contribution in [3.63, 3.8) is 0 Å². The van der Waals surface area contributed by atoms with Crippen LogP contribution in [0.4, 0.5) is 11.5 Å². The van der Waals surface area contributed by atoms with Gasteiger partial charge in [0.15, 0.2) is 0 Å². The number of aromatic nitrogens is 1. The van der Waals surface area contributed by atoms with Crippen LogP contribution in [0.2, 0.25) is 5.02 Å². The zero-order valence-corrected chi connectivity index (χ0v) is 10.0. The van der Waals surface area contributed by atoms with Gasteiger partial charge in [0, 0.05) is 37.8 Å². The Labute approximate surface area is 107 Å². The van der Waals surface area contributed by atoms with Crippen molar-refractivity contribution in [2.75, 3.05) is 18.1 Å². The Morgan fingerprint density at radius 3 is 2.94 bits per heavy atom. The van der Waals surface area contributed by atoms with Gasteiger partial charge in [-0.2, -0.15) is 0 Å². The number of rotatable bonds is 3. The third-order valence-electron chi connectivity index (χ3n) is 2.73. The molecule has 1 N–H and O–H groups in total. The van der Waals surface area contributed by atoms with Crippen LogP contribution in [0.25, 0.3) is 0 Å². The highest BCUT2D eigenvalue weighted by atomic mass is 35.5. The van der Waals surface area contributed by atoms with Gasteiger partial charge in [0.25, 0.3) is 0 Å². The van der Waals surface area contributed by atoms with Crippen LogP contribution in [0.1, 0.15) is 6.42 Å². The van der Waals surface area contributed by atoms with Crippen molar-refractivity contribution >= 4 is 29.0 Å². The maximum atomic E-state index is 11.7. The number of nitro groups is 1. The molecule has 96 valence electrons. The van der Waals surface area contributed by atoms with Crippen molar-refractivity contribution in [1.82, 2.24) is 4.98 Å². The van der Waals surface area contributed by atoms with Crippen LogP contribution < -0.4 is 4.90 Å². The molecule has 18 heavy (non-hydrogen) atoms. The number of pyridine rings is 1. The Hall–Kier alpha value is -1.73. The summed E-state index contributed by atoms with van der Waals surface area (Å²) in [5, 5.41) is 20.1. The van der Waals surface area contributed by atoms with Gasteiger partial charge in [-0.25, -0.2) is 4.98 Å². The molecule has 1 unspecified atom stereocenters. The number of carbonyl (C=O) groups excluding carboxylic acids is 1. The van der Waals surface area contributed by atoms with Crippen LogP contribution in [0.5, 0.6) is 0 Å². The molecule has 0 bridgehead atoms. The van der Waals surface area contributed by atoms with Crippen molar-refractivity contribution < 1.29 is 14.8 Å². The summed E-state index contributed by atoms with van der Waals surface area (Å²) < 4.78 is 0. The fourth-order valence-corrected chi connectivity index (χ4v) is 2.02. The number of aliphatic hydroxyl groups is 1. The molecule has 8 heteroatoms. The van der Waals surface area contributed by atoms with Crippen molar-refractivity contribution in [3.05, 3.63) is 27.4 Å². The van der Waals surface area contributed by atoms with Crippen LogP contribution in [0, 0.1) is 16.0 Å². The largest absolute Gasteiger partial charge is 0.396 e. The van der Waals surface area contributed by atoms with Crippen molar-refractivity contribution in [2.45, 2.75) is 6.42 Å². The van der Waals surface area contributed by atoms with E-state index >= 15 is 0 Å². The topological polar surface area (TPSA) is 96.6 Å². The standard InChI is InChI=1S/C10H10ClN3O4/c11-7-2-8(14(17)18)10(12-3-7)13-4-6(5-15)1-9(13)16/h2-3,6,15H,1,4-5H2. The Kier molecular flexibility index (Phi) is 3.44. The minimum Gasteiger partial charge on any atom is -0.396 e. The van der Waals surface area contributed by atoms with Crippen LogP contribution in [0.15, 0.2) is 12.3 Å².